The monoisotopic (exact) mass is 343 g/mol. The molecule has 7 nitrogen and oxygen atoms in total. The van der Waals surface area contributed by atoms with Crippen LogP contribution in [0.5, 0.6) is 0 Å². The molecule has 2 N–H and O–H groups in total. The molecular formula is C18H21N3O4. The number of para-hydroxylation sites is 1. The van der Waals surface area contributed by atoms with E-state index in [1.807, 2.05) is 18.2 Å². The minimum Gasteiger partial charge on any atom is -0.481 e. The maximum Gasteiger partial charge on any atom is 0.307 e. The Balaban J connectivity index is 1.94. The molecular weight excluding hydrogens is 322 g/mol. The number of nitrogens with one attached hydrogen (secondary N) is 1. The molecule has 2 atom stereocenters. The van der Waals surface area contributed by atoms with Crippen LogP contribution in [0.15, 0.2) is 35.1 Å². The summed E-state index contributed by atoms with van der Waals surface area (Å²) < 4.78 is 3.14. The number of aromatic nitrogens is 2. The third-order valence-electron chi connectivity index (χ3n) is 5.18. The molecule has 2 aromatic rings. The lowest BCUT2D eigenvalue weighted by atomic mass is 10.1. The van der Waals surface area contributed by atoms with Crippen molar-refractivity contribution in [1.82, 2.24) is 9.36 Å². The number of anilines is 1. The second-order valence-electron chi connectivity index (χ2n) is 7.04. The van der Waals surface area contributed by atoms with Crippen LogP contribution in [0, 0.1) is 24.2 Å². The Morgan fingerprint density at radius 1 is 1.16 bits per heavy atom. The molecule has 7 heteroatoms. The number of hydrogen-bond acceptors (Lipinski definition) is 3. The molecule has 3 rings (SSSR count). The minimum atomic E-state index is -0.989. The summed E-state index contributed by atoms with van der Waals surface area (Å²) in [5.41, 5.74) is 0.520. The number of benzene rings is 1. The summed E-state index contributed by atoms with van der Waals surface area (Å²) in [6.07, 6.45) is 0. The fraction of sp³-hybridized carbons (Fsp3) is 0.389. The summed E-state index contributed by atoms with van der Waals surface area (Å²) in [7, 11) is 1.74. The Labute approximate surface area is 144 Å². The lowest BCUT2D eigenvalue weighted by Crippen LogP contribution is -2.24. The second kappa shape index (κ2) is 5.61. The second-order valence-corrected chi connectivity index (χ2v) is 7.04. The molecule has 1 aliphatic rings. The van der Waals surface area contributed by atoms with E-state index in [9.17, 15) is 19.5 Å². The predicted molar refractivity (Wildman–Crippen MR) is 92.8 cm³/mol. The van der Waals surface area contributed by atoms with Crippen LogP contribution in [-0.4, -0.2) is 26.3 Å². The number of rotatable bonds is 4. The van der Waals surface area contributed by atoms with E-state index in [0.29, 0.717) is 11.4 Å². The van der Waals surface area contributed by atoms with E-state index in [2.05, 4.69) is 5.32 Å². The highest BCUT2D eigenvalue weighted by Gasteiger charge is 2.66. The van der Waals surface area contributed by atoms with Crippen LogP contribution >= 0.6 is 0 Å². The van der Waals surface area contributed by atoms with E-state index >= 15 is 0 Å². The van der Waals surface area contributed by atoms with Gasteiger partial charge in [0, 0.05) is 7.05 Å². The van der Waals surface area contributed by atoms with Crippen LogP contribution in [0.3, 0.4) is 0 Å². The lowest BCUT2D eigenvalue weighted by molar-refractivity contribution is -0.140. The van der Waals surface area contributed by atoms with E-state index in [4.69, 9.17) is 0 Å². The van der Waals surface area contributed by atoms with E-state index in [1.54, 1.807) is 44.6 Å². The molecule has 1 aliphatic carbocycles. The largest absolute Gasteiger partial charge is 0.481 e. The lowest BCUT2D eigenvalue weighted by Gasteiger charge is -2.07. The summed E-state index contributed by atoms with van der Waals surface area (Å²) in [6, 6.07) is 9.11. The molecule has 132 valence electrons. The highest BCUT2D eigenvalue weighted by Crippen LogP contribution is 2.58. The van der Waals surface area contributed by atoms with Crippen molar-refractivity contribution in [2.75, 3.05) is 5.32 Å². The van der Waals surface area contributed by atoms with Crippen molar-refractivity contribution >= 4 is 17.6 Å². The average Bonchev–Trinajstić information content (AvgIpc) is 3.08. The number of nitrogens with zero attached hydrogens (tertiary/aromatic N) is 2. The highest BCUT2D eigenvalue weighted by atomic mass is 16.4. The van der Waals surface area contributed by atoms with Gasteiger partial charge in [0.15, 0.2) is 0 Å². The number of hydrogen-bond donors (Lipinski definition) is 2. The number of carbonyl (C=O) groups is 2. The van der Waals surface area contributed by atoms with Gasteiger partial charge in [-0.05, 0) is 24.5 Å². The van der Waals surface area contributed by atoms with Crippen molar-refractivity contribution in [3.05, 3.63) is 46.4 Å². The molecule has 0 radical (unpaired) electrons. The van der Waals surface area contributed by atoms with Gasteiger partial charge in [-0.3, -0.25) is 19.1 Å². The molecule has 1 fully saturated rings. The Morgan fingerprint density at radius 3 is 2.28 bits per heavy atom. The van der Waals surface area contributed by atoms with Crippen LogP contribution in [-0.2, 0) is 16.6 Å². The van der Waals surface area contributed by atoms with Crippen molar-refractivity contribution < 1.29 is 14.7 Å². The molecule has 0 aliphatic heterocycles. The molecule has 0 saturated heterocycles. The molecule has 1 aromatic carbocycles. The third kappa shape index (κ3) is 2.56. The summed E-state index contributed by atoms with van der Waals surface area (Å²) in [5, 5.41) is 11.9. The number of amides is 1. The van der Waals surface area contributed by atoms with Gasteiger partial charge in [0.25, 0.3) is 5.56 Å². The minimum absolute atomic E-state index is 0.184. The van der Waals surface area contributed by atoms with Crippen molar-refractivity contribution in [3.8, 4) is 5.69 Å². The first-order chi connectivity index (χ1) is 11.7. The highest BCUT2D eigenvalue weighted by molar-refractivity contribution is 6.00. The third-order valence-corrected chi connectivity index (χ3v) is 5.18. The zero-order valence-corrected chi connectivity index (χ0v) is 14.6. The van der Waals surface area contributed by atoms with Gasteiger partial charge >= 0.3 is 5.97 Å². The summed E-state index contributed by atoms with van der Waals surface area (Å²) in [5.74, 6) is -2.79. The van der Waals surface area contributed by atoms with Gasteiger partial charge < -0.3 is 10.4 Å². The van der Waals surface area contributed by atoms with E-state index < -0.39 is 29.1 Å². The fourth-order valence-corrected chi connectivity index (χ4v) is 3.50. The van der Waals surface area contributed by atoms with Gasteiger partial charge in [-0.1, -0.05) is 32.0 Å². The van der Waals surface area contributed by atoms with E-state index in [1.165, 1.54) is 4.68 Å². The molecule has 0 bridgehead atoms. The number of carboxylic acids is 1. The first-order valence-electron chi connectivity index (χ1n) is 8.05. The first-order valence-corrected chi connectivity index (χ1v) is 8.05. The smallest absolute Gasteiger partial charge is 0.307 e. The van der Waals surface area contributed by atoms with Gasteiger partial charge in [-0.2, -0.15) is 0 Å². The Morgan fingerprint density at radius 2 is 1.76 bits per heavy atom. The van der Waals surface area contributed by atoms with Crippen molar-refractivity contribution in [2.45, 2.75) is 20.8 Å². The number of carboxylic acid groups (broad SMARTS) is 1. The van der Waals surface area contributed by atoms with Crippen LogP contribution in [0.25, 0.3) is 5.69 Å². The zero-order valence-electron chi connectivity index (χ0n) is 14.6. The van der Waals surface area contributed by atoms with Crippen LogP contribution in [0.1, 0.15) is 19.5 Å². The first kappa shape index (κ1) is 17.0. The standard InChI is InChI=1S/C18H21N3O4/c1-10-14(19-15(22)12-13(17(24)25)18(12,2)3)16(23)21(20(10)4)11-8-6-5-7-9-11/h5-9,12-13H,1-4H3,(H,19,22)(H,24,25)/t12-,13+/m0/s1. The van der Waals surface area contributed by atoms with Gasteiger partial charge in [0.1, 0.15) is 5.69 Å². The van der Waals surface area contributed by atoms with Crippen LogP contribution in [0.2, 0.25) is 0 Å². The Kier molecular flexibility index (Phi) is 3.82. The SMILES string of the molecule is Cc1c(NC(=O)[C@@H]2[C@H](C(=O)O)C2(C)C)c(=O)n(-c2ccccc2)n1C. The van der Waals surface area contributed by atoms with Crippen LogP contribution < -0.4 is 10.9 Å². The molecule has 1 amide bonds. The normalized spacial score (nSPS) is 21.0. The quantitative estimate of drug-likeness (QED) is 0.885. The average molecular weight is 343 g/mol. The summed E-state index contributed by atoms with van der Waals surface area (Å²) in [4.78, 5) is 36.6. The molecule has 0 unspecified atom stereocenters. The van der Waals surface area contributed by atoms with E-state index in [-0.39, 0.29) is 11.2 Å². The molecule has 1 heterocycles. The number of aliphatic carboxylic acids is 1. The van der Waals surface area contributed by atoms with Gasteiger partial charge in [-0.15, -0.1) is 0 Å². The van der Waals surface area contributed by atoms with Crippen molar-refractivity contribution in [2.24, 2.45) is 24.3 Å². The van der Waals surface area contributed by atoms with Gasteiger partial charge in [0.05, 0.1) is 23.2 Å². The summed E-state index contributed by atoms with van der Waals surface area (Å²) in [6.45, 7) is 5.23. The van der Waals surface area contributed by atoms with Crippen molar-refractivity contribution in [1.29, 1.82) is 0 Å². The van der Waals surface area contributed by atoms with Gasteiger partial charge in [-0.25, -0.2) is 4.68 Å². The van der Waals surface area contributed by atoms with Crippen molar-refractivity contribution in [3.63, 3.8) is 0 Å². The van der Waals surface area contributed by atoms with Gasteiger partial charge in [0.2, 0.25) is 5.91 Å². The topological polar surface area (TPSA) is 93.3 Å². The predicted octanol–water partition coefficient (Wildman–Crippen LogP) is 1.78. The maximum absolute atomic E-state index is 12.8. The molecule has 1 saturated carbocycles. The Bertz CT molecular complexity index is 908. The number of carbonyl (C=O) groups excluding carboxylic acids is 1. The molecule has 0 spiro atoms. The van der Waals surface area contributed by atoms with E-state index in [0.717, 1.165) is 0 Å². The molecule has 1 aromatic heterocycles. The zero-order chi connectivity index (χ0) is 18.5. The molecule has 25 heavy (non-hydrogen) atoms. The van der Waals surface area contributed by atoms with Crippen LogP contribution in [0.4, 0.5) is 5.69 Å². The maximum atomic E-state index is 12.8. The Hall–Kier alpha value is -2.83. The summed E-state index contributed by atoms with van der Waals surface area (Å²) >= 11 is 0. The fourth-order valence-electron chi connectivity index (χ4n) is 3.50.